The molecule has 1 fully saturated rings. The Balaban J connectivity index is 2.42. The zero-order chi connectivity index (χ0) is 11.5. The van der Waals surface area contributed by atoms with Crippen molar-refractivity contribution in [1.29, 1.82) is 0 Å². The Kier molecular flexibility index (Phi) is 4.55. The number of rotatable bonds is 5. The first kappa shape index (κ1) is 12.9. The van der Waals surface area contributed by atoms with Crippen LogP contribution in [0.1, 0.15) is 32.6 Å². The van der Waals surface area contributed by atoms with E-state index in [1.165, 1.54) is 25.5 Å². The summed E-state index contributed by atoms with van der Waals surface area (Å²) in [6.45, 7) is 2.24. The largest absolute Gasteiger partial charge is 0.271 e. The maximum absolute atomic E-state index is 11.1. The summed E-state index contributed by atoms with van der Waals surface area (Å²) in [5.74, 6) is 7.01. The van der Waals surface area contributed by atoms with Crippen LogP contribution in [0.3, 0.4) is 0 Å². The Morgan fingerprint density at radius 2 is 2.13 bits per heavy atom. The van der Waals surface area contributed by atoms with Gasteiger partial charge in [-0.2, -0.15) is 0 Å². The minimum Gasteiger partial charge on any atom is -0.271 e. The molecule has 0 saturated heterocycles. The lowest BCUT2D eigenvalue weighted by Crippen LogP contribution is -2.41. The molecule has 0 amide bonds. The quantitative estimate of drug-likeness (QED) is 0.542. The summed E-state index contributed by atoms with van der Waals surface area (Å²) in [6.07, 6.45) is 5.48. The van der Waals surface area contributed by atoms with Gasteiger partial charge in [-0.3, -0.25) is 11.3 Å². The molecule has 0 heterocycles. The molecular formula is C10H22N2O2S. The lowest BCUT2D eigenvalue weighted by atomic mass is 9.95. The third-order valence-corrected chi connectivity index (χ3v) is 4.30. The molecule has 3 N–H and O–H groups in total. The van der Waals surface area contributed by atoms with Crippen LogP contribution in [0.2, 0.25) is 0 Å². The fourth-order valence-electron chi connectivity index (χ4n) is 2.41. The van der Waals surface area contributed by atoms with E-state index in [0.29, 0.717) is 12.3 Å². The van der Waals surface area contributed by atoms with Crippen molar-refractivity contribution in [2.45, 2.75) is 38.6 Å². The third kappa shape index (κ3) is 4.49. The molecule has 90 valence electrons. The number of hydrogen-bond acceptors (Lipinski definition) is 4. The number of hydrogen-bond donors (Lipinski definition) is 2. The molecule has 1 aliphatic rings. The standard InChI is InChI=1S/C10H22N2O2S/c1-8-3-4-9(7-8)10(12-11)5-6-15(2,13)14/h8-10,12H,3-7,11H2,1-2H3. The molecule has 1 rings (SSSR count). The molecule has 0 spiro atoms. The van der Waals surface area contributed by atoms with Crippen molar-refractivity contribution >= 4 is 9.84 Å². The normalized spacial score (nSPS) is 29.3. The highest BCUT2D eigenvalue weighted by molar-refractivity contribution is 7.90. The summed E-state index contributed by atoms with van der Waals surface area (Å²) in [5.41, 5.74) is 2.77. The molecule has 0 aromatic rings. The highest BCUT2D eigenvalue weighted by Crippen LogP contribution is 2.33. The summed E-state index contributed by atoms with van der Waals surface area (Å²) < 4.78 is 22.1. The zero-order valence-electron chi connectivity index (χ0n) is 9.57. The van der Waals surface area contributed by atoms with Gasteiger partial charge in [0.15, 0.2) is 0 Å². The molecule has 0 aromatic carbocycles. The number of sulfone groups is 1. The van der Waals surface area contributed by atoms with Crippen molar-refractivity contribution in [3.05, 3.63) is 0 Å². The maximum atomic E-state index is 11.1. The van der Waals surface area contributed by atoms with Crippen molar-refractivity contribution in [2.75, 3.05) is 12.0 Å². The van der Waals surface area contributed by atoms with Crippen LogP contribution < -0.4 is 11.3 Å². The van der Waals surface area contributed by atoms with Crippen molar-refractivity contribution in [3.63, 3.8) is 0 Å². The number of hydrazine groups is 1. The van der Waals surface area contributed by atoms with Crippen LogP contribution >= 0.6 is 0 Å². The smallest absolute Gasteiger partial charge is 0.147 e. The summed E-state index contributed by atoms with van der Waals surface area (Å²) in [4.78, 5) is 0. The van der Waals surface area contributed by atoms with Gasteiger partial charge in [0.1, 0.15) is 9.84 Å². The summed E-state index contributed by atoms with van der Waals surface area (Å²) in [7, 11) is -2.87. The van der Waals surface area contributed by atoms with E-state index in [4.69, 9.17) is 5.84 Å². The molecule has 3 unspecified atom stereocenters. The number of nitrogens with two attached hydrogens (primary N) is 1. The topological polar surface area (TPSA) is 72.2 Å². The molecule has 5 heteroatoms. The predicted molar refractivity (Wildman–Crippen MR) is 61.9 cm³/mol. The third-order valence-electron chi connectivity index (χ3n) is 3.32. The highest BCUT2D eigenvalue weighted by atomic mass is 32.2. The minimum absolute atomic E-state index is 0.157. The van der Waals surface area contributed by atoms with Gasteiger partial charge in [-0.15, -0.1) is 0 Å². The van der Waals surface area contributed by atoms with Gasteiger partial charge in [-0.05, 0) is 31.1 Å². The zero-order valence-corrected chi connectivity index (χ0v) is 10.4. The van der Waals surface area contributed by atoms with Crippen LogP contribution in [-0.4, -0.2) is 26.5 Å². The summed E-state index contributed by atoms with van der Waals surface area (Å²) in [6, 6.07) is 0.157. The molecule has 0 aliphatic heterocycles. The monoisotopic (exact) mass is 234 g/mol. The molecule has 3 atom stereocenters. The van der Waals surface area contributed by atoms with Gasteiger partial charge in [0.2, 0.25) is 0 Å². The fourth-order valence-corrected chi connectivity index (χ4v) is 3.09. The maximum Gasteiger partial charge on any atom is 0.147 e. The van der Waals surface area contributed by atoms with Gasteiger partial charge >= 0.3 is 0 Å². The molecular weight excluding hydrogens is 212 g/mol. The van der Waals surface area contributed by atoms with E-state index in [0.717, 1.165) is 5.92 Å². The van der Waals surface area contributed by atoms with Crippen LogP contribution in [-0.2, 0) is 9.84 Å². The average molecular weight is 234 g/mol. The van der Waals surface area contributed by atoms with Gasteiger partial charge in [0.25, 0.3) is 0 Å². The van der Waals surface area contributed by atoms with Gasteiger partial charge in [-0.1, -0.05) is 13.3 Å². The fraction of sp³-hybridized carbons (Fsp3) is 1.00. The lowest BCUT2D eigenvalue weighted by molar-refractivity contribution is 0.347. The second kappa shape index (κ2) is 5.27. The molecule has 0 radical (unpaired) electrons. The molecule has 0 bridgehead atoms. The second-order valence-electron chi connectivity index (χ2n) is 4.87. The first-order chi connectivity index (χ1) is 6.92. The van der Waals surface area contributed by atoms with Crippen molar-refractivity contribution < 1.29 is 8.42 Å². The Bertz CT molecular complexity index is 290. The van der Waals surface area contributed by atoms with Crippen molar-refractivity contribution in [3.8, 4) is 0 Å². The van der Waals surface area contributed by atoms with Gasteiger partial charge in [0, 0.05) is 12.3 Å². The Morgan fingerprint density at radius 3 is 2.53 bits per heavy atom. The van der Waals surface area contributed by atoms with Crippen LogP contribution in [0.25, 0.3) is 0 Å². The molecule has 1 aliphatic carbocycles. The first-order valence-corrected chi connectivity index (χ1v) is 7.62. The van der Waals surface area contributed by atoms with E-state index in [1.54, 1.807) is 0 Å². The van der Waals surface area contributed by atoms with E-state index in [2.05, 4.69) is 12.3 Å². The average Bonchev–Trinajstić information content (AvgIpc) is 2.51. The van der Waals surface area contributed by atoms with E-state index < -0.39 is 9.84 Å². The van der Waals surface area contributed by atoms with Crippen LogP contribution in [0.4, 0.5) is 0 Å². The second-order valence-corrected chi connectivity index (χ2v) is 7.13. The van der Waals surface area contributed by atoms with Crippen LogP contribution in [0.15, 0.2) is 0 Å². The van der Waals surface area contributed by atoms with Crippen molar-refractivity contribution in [1.82, 2.24) is 5.43 Å². The van der Waals surface area contributed by atoms with Gasteiger partial charge in [0.05, 0.1) is 5.75 Å². The SMILES string of the molecule is CC1CCC(C(CCS(C)(=O)=O)NN)C1. The molecule has 1 saturated carbocycles. The van der Waals surface area contributed by atoms with E-state index in [1.807, 2.05) is 0 Å². The lowest BCUT2D eigenvalue weighted by Gasteiger charge is -2.22. The molecule has 0 aromatic heterocycles. The van der Waals surface area contributed by atoms with Crippen LogP contribution in [0, 0.1) is 11.8 Å². The van der Waals surface area contributed by atoms with E-state index in [9.17, 15) is 8.42 Å². The molecule has 15 heavy (non-hydrogen) atoms. The Hall–Kier alpha value is -0.130. The van der Waals surface area contributed by atoms with E-state index in [-0.39, 0.29) is 11.8 Å². The van der Waals surface area contributed by atoms with Crippen molar-refractivity contribution in [2.24, 2.45) is 17.7 Å². The Labute approximate surface area is 92.5 Å². The van der Waals surface area contributed by atoms with Gasteiger partial charge < -0.3 is 0 Å². The summed E-state index contributed by atoms with van der Waals surface area (Å²) >= 11 is 0. The first-order valence-electron chi connectivity index (χ1n) is 5.56. The Morgan fingerprint density at radius 1 is 1.47 bits per heavy atom. The summed E-state index contributed by atoms with van der Waals surface area (Å²) in [5, 5.41) is 0. The van der Waals surface area contributed by atoms with E-state index >= 15 is 0 Å². The van der Waals surface area contributed by atoms with Gasteiger partial charge in [-0.25, -0.2) is 8.42 Å². The number of nitrogens with one attached hydrogen (secondary N) is 1. The molecule has 4 nitrogen and oxygen atoms in total. The minimum atomic E-state index is -2.87. The highest BCUT2D eigenvalue weighted by Gasteiger charge is 2.28. The predicted octanol–water partition coefficient (Wildman–Crippen LogP) is 0.689. The van der Waals surface area contributed by atoms with Crippen LogP contribution in [0.5, 0.6) is 0 Å².